The number of nitrogens with one attached hydrogen (secondary N) is 1. The minimum Gasteiger partial charge on any atom is -0.369 e. The third-order valence-electron chi connectivity index (χ3n) is 2.74. The van der Waals surface area contributed by atoms with Gasteiger partial charge in [-0.15, -0.1) is 0 Å². The molecule has 17 heavy (non-hydrogen) atoms. The van der Waals surface area contributed by atoms with Gasteiger partial charge in [-0.25, -0.2) is 0 Å². The van der Waals surface area contributed by atoms with Gasteiger partial charge in [0.05, 0.1) is 10.8 Å². The summed E-state index contributed by atoms with van der Waals surface area (Å²) in [6.45, 7) is 3.98. The third kappa shape index (κ3) is 2.22. The van der Waals surface area contributed by atoms with E-state index >= 15 is 0 Å². The van der Waals surface area contributed by atoms with Gasteiger partial charge in [-0.05, 0) is 26.0 Å². The lowest BCUT2D eigenvalue weighted by Crippen LogP contribution is -2.37. The number of carbonyl (C=O) groups excluding carboxylic acids is 1. The van der Waals surface area contributed by atoms with E-state index in [1.807, 2.05) is 24.3 Å². The fourth-order valence-corrected chi connectivity index (χ4v) is 1.41. The zero-order valence-corrected chi connectivity index (χ0v) is 9.86. The van der Waals surface area contributed by atoms with E-state index in [2.05, 4.69) is 10.5 Å². The summed E-state index contributed by atoms with van der Waals surface area (Å²) >= 11 is 0. The van der Waals surface area contributed by atoms with E-state index in [1.165, 1.54) is 0 Å². The number of fused-ring (bicyclic) bond motifs is 1. The van der Waals surface area contributed by atoms with Gasteiger partial charge in [-0.1, -0.05) is 17.3 Å². The molecule has 3 N–H and O–H groups in total. The molecule has 0 fully saturated rings. The number of hydrogen-bond acceptors (Lipinski definition) is 4. The summed E-state index contributed by atoms with van der Waals surface area (Å²) in [5.41, 5.74) is 5.39. The number of carbonyl (C=O) groups is 1. The molecule has 2 aromatic rings. The molecular formula is C12H15N3O2. The van der Waals surface area contributed by atoms with Crippen molar-refractivity contribution in [2.75, 3.05) is 11.9 Å². The molecule has 0 unspecified atom stereocenters. The number of hydrogen-bond donors (Lipinski definition) is 2. The maximum absolute atomic E-state index is 11.2. The average Bonchev–Trinajstić information content (AvgIpc) is 2.69. The van der Waals surface area contributed by atoms with Crippen LogP contribution in [-0.2, 0) is 4.79 Å². The van der Waals surface area contributed by atoms with Crippen LogP contribution in [0, 0.1) is 5.41 Å². The van der Waals surface area contributed by atoms with Crippen LogP contribution in [0.4, 0.5) is 5.82 Å². The second kappa shape index (κ2) is 4.08. The first-order valence-corrected chi connectivity index (χ1v) is 5.39. The van der Waals surface area contributed by atoms with E-state index < -0.39 is 5.41 Å². The first-order valence-electron chi connectivity index (χ1n) is 5.39. The molecule has 0 aliphatic rings. The highest BCUT2D eigenvalue weighted by Crippen LogP contribution is 2.23. The molecule has 1 aromatic carbocycles. The molecule has 1 aromatic heterocycles. The lowest BCUT2D eigenvalue weighted by atomic mass is 9.93. The Labute approximate surface area is 99.0 Å². The molecule has 0 aliphatic carbocycles. The average molecular weight is 233 g/mol. The first-order chi connectivity index (χ1) is 8.00. The number of benzene rings is 1. The highest BCUT2D eigenvalue weighted by atomic mass is 16.5. The van der Waals surface area contributed by atoms with E-state index in [4.69, 9.17) is 10.3 Å². The fraction of sp³-hybridized carbons (Fsp3) is 0.333. The molecule has 5 heteroatoms. The van der Waals surface area contributed by atoms with E-state index in [1.54, 1.807) is 13.8 Å². The normalized spacial score (nSPS) is 11.6. The van der Waals surface area contributed by atoms with Crippen LogP contribution in [0.1, 0.15) is 13.8 Å². The van der Waals surface area contributed by atoms with Crippen molar-refractivity contribution in [1.82, 2.24) is 5.16 Å². The van der Waals surface area contributed by atoms with Crippen molar-refractivity contribution in [3.05, 3.63) is 24.3 Å². The Morgan fingerprint density at radius 2 is 2.18 bits per heavy atom. The smallest absolute Gasteiger partial charge is 0.224 e. The van der Waals surface area contributed by atoms with Gasteiger partial charge in [0.15, 0.2) is 11.4 Å². The van der Waals surface area contributed by atoms with E-state index in [9.17, 15) is 4.79 Å². The molecule has 0 saturated heterocycles. The minimum atomic E-state index is -0.625. The predicted octanol–water partition coefficient (Wildman–Crippen LogP) is 1.75. The van der Waals surface area contributed by atoms with Crippen molar-refractivity contribution in [2.45, 2.75) is 13.8 Å². The number of primary amides is 1. The molecule has 5 nitrogen and oxygen atoms in total. The van der Waals surface area contributed by atoms with Gasteiger partial charge in [-0.3, -0.25) is 4.79 Å². The van der Waals surface area contributed by atoms with Crippen molar-refractivity contribution in [1.29, 1.82) is 0 Å². The Morgan fingerprint density at radius 3 is 2.88 bits per heavy atom. The van der Waals surface area contributed by atoms with Gasteiger partial charge in [-0.2, -0.15) is 0 Å². The number of anilines is 1. The summed E-state index contributed by atoms with van der Waals surface area (Å²) < 4.78 is 5.15. The molecule has 1 heterocycles. The number of amides is 1. The van der Waals surface area contributed by atoms with Crippen molar-refractivity contribution in [3.63, 3.8) is 0 Å². The van der Waals surface area contributed by atoms with Crippen molar-refractivity contribution >= 4 is 22.7 Å². The highest BCUT2D eigenvalue weighted by molar-refractivity contribution is 5.88. The molecule has 0 aliphatic heterocycles. The number of nitrogens with zero attached hydrogens (tertiary/aromatic N) is 1. The van der Waals surface area contributed by atoms with E-state index in [-0.39, 0.29) is 5.91 Å². The SMILES string of the molecule is CC(C)(CNc1noc2ccccc12)C(N)=O. The molecule has 2 rings (SSSR count). The Hall–Kier alpha value is -2.04. The van der Waals surface area contributed by atoms with Crippen LogP contribution in [-0.4, -0.2) is 17.6 Å². The monoisotopic (exact) mass is 233 g/mol. The van der Waals surface area contributed by atoms with Crippen LogP contribution >= 0.6 is 0 Å². The maximum atomic E-state index is 11.2. The Balaban J connectivity index is 2.17. The number of nitrogens with two attached hydrogens (primary N) is 1. The summed E-state index contributed by atoms with van der Waals surface area (Å²) in [6.07, 6.45) is 0. The molecule has 0 saturated carbocycles. The van der Waals surface area contributed by atoms with Gasteiger partial charge >= 0.3 is 0 Å². The highest BCUT2D eigenvalue weighted by Gasteiger charge is 2.25. The maximum Gasteiger partial charge on any atom is 0.224 e. The van der Waals surface area contributed by atoms with Gasteiger partial charge in [0.25, 0.3) is 0 Å². The van der Waals surface area contributed by atoms with Gasteiger partial charge < -0.3 is 15.6 Å². The zero-order chi connectivity index (χ0) is 12.5. The largest absolute Gasteiger partial charge is 0.369 e. The van der Waals surface area contributed by atoms with Crippen molar-refractivity contribution in [3.8, 4) is 0 Å². The second-order valence-corrected chi connectivity index (χ2v) is 4.63. The quantitative estimate of drug-likeness (QED) is 0.843. The minimum absolute atomic E-state index is 0.349. The summed E-state index contributed by atoms with van der Waals surface area (Å²) in [5, 5.41) is 7.90. The molecule has 90 valence electrons. The summed E-state index contributed by atoms with van der Waals surface area (Å²) in [6, 6.07) is 7.53. The van der Waals surface area contributed by atoms with E-state index in [0.717, 1.165) is 5.39 Å². The van der Waals surface area contributed by atoms with Crippen LogP contribution < -0.4 is 11.1 Å². The van der Waals surface area contributed by atoms with Crippen LogP contribution in [0.5, 0.6) is 0 Å². The lowest BCUT2D eigenvalue weighted by molar-refractivity contribution is -0.125. The number of para-hydroxylation sites is 1. The van der Waals surface area contributed by atoms with Gasteiger partial charge in [0, 0.05) is 6.54 Å². The van der Waals surface area contributed by atoms with Crippen LogP contribution in [0.2, 0.25) is 0 Å². The van der Waals surface area contributed by atoms with Crippen molar-refractivity contribution in [2.24, 2.45) is 11.1 Å². The van der Waals surface area contributed by atoms with Gasteiger partial charge in [0.1, 0.15) is 0 Å². The zero-order valence-electron chi connectivity index (χ0n) is 9.86. The molecule has 1 amide bonds. The molecule has 0 radical (unpaired) electrons. The Bertz CT molecular complexity index is 545. The lowest BCUT2D eigenvalue weighted by Gasteiger charge is -2.20. The fourth-order valence-electron chi connectivity index (χ4n) is 1.41. The van der Waals surface area contributed by atoms with Crippen molar-refractivity contribution < 1.29 is 9.32 Å². The molecule has 0 atom stereocenters. The van der Waals surface area contributed by atoms with Crippen LogP contribution in [0.3, 0.4) is 0 Å². The molecule has 0 bridgehead atoms. The first kappa shape index (κ1) is 11.4. The molecule has 0 spiro atoms. The Kier molecular flexibility index (Phi) is 2.75. The standard InChI is InChI=1S/C12H15N3O2/c1-12(2,11(13)16)7-14-10-8-5-3-4-6-9(8)17-15-10/h3-6H,7H2,1-2H3,(H2,13,16)(H,14,15). The molecular weight excluding hydrogens is 218 g/mol. The summed E-state index contributed by atoms with van der Waals surface area (Å²) in [7, 11) is 0. The summed E-state index contributed by atoms with van der Waals surface area (Å²) in [5.74, 6) is 0.285. The number of aromatic nitrogens is 1. The van der Waals surface area contributed by atoms with E-state index in [0.29, 0.717) is 17.9 Å². The summed E-state index contributed by atoms with van der Waals surface area (Å²) in [4.78, 5) is 11.2. The predicted molar refractivity (Wildman–Crippen MR) is 65.5 cm³/mol. The number of rotatable bonds is 4. The topological polar surface area (TPSA) is 81.2 Å². The van der Waals surface area contributed by atoms with Crippen LogP contribution in [0.15, 0.2) is 28.8 Å². The van der Waals surface area contributed by atoms with Gasteiger partial charge in [0.2, 0.25) is 5.91 Å². The third-order valence-corrected chi connectivity index (χ3v) is 2.74. The second-order valence-electron chi connectivity index (χ2n) is 4.63. The van der Waals surface area contributed by atoms with Crippen LogP contribution in [0.25, 0.3) is 11.0 Å². The Morgan fingerprint density at radius 1 is 1.47 bits per heavy atom.